The van der Waals surface area contributed by atoms with Gasteiger partial charge in [-0.2, -0.15) is 0 Å². The molecule has 1 amide bonds. The average Bonchev–Trinajstić information content (AvgIpc) is 3.23. The molecule has 0 bridgehead atoms. The number of piperidine rings is 1. The predicted octanol–water partition coefficient (Wildman–Crippen LogP) is 2.77. The lowest BCUT2D eigenvalue weighted by Gasteiger charge is -2.42. The van der Waals surface area contributed by atoms with Gasteiger partial charge in [0.25, 0.3) is 0 Å². The summed E-state index contributed by atoms with van der Waals surface area (Å²) in [7, 11) is 0. The molecular formula is C23H26N4O3S. The molecule has 0 saturated carbocycles. The molecule has 7 nitrogen and oxygen atoms in total. The van der Waals surface area contributed by atoms with E-state index in [1.807, 2.05) is 34.5 Å². The van der Waals surface area contributed by atoms with E-state index in [0.29, 0.717) is 32.7 Å². The smallest absolute Gasteiger partial charge is 0.225 e. The second-order valence-corrected chi connectivity index (χ2v) is 9.21. The van der Waals surface area contributed by atoms with E-state index in [-0.39, 0.29) is 16.9 Å². The van der Waals surface area contributed by atoms with Gasteiger partial charge in [-0.1, -0.05) is 12.1 Å². The van der Waals surface area contributed by atoms with Gasteiger partial charge in [0.15, 0.2) is 5.43 Å². The lowest BCUT2D eigenvalue weighted by atomic mass is 9.90. The minimum absolute atomic E-state index is 0.0566. The molecule has 0 atom stereocenters. The number of H-pyrrole nitrogens is 1. The number of amides is 1. The van der Waals surface area contributed by atoms with Crippen molar-refractivity contribution in [3.63, 3.8) is 0 Å². The van der Waals surface area contributed by atoms with Gasteiger partial charge in [-0.15, -0.1) is 11.3 Å². The number of benzene rings is 1. The first-order chi connectivity index (χ1) is 15.1. The number of likely N-dealkylation sites (tertiary alicyclic amines) is 1. The lowest BCUT2D eigenvalue weighted by Crippen LogP contribution is -2.51. The molecule has 2 aliphatic heterocycles. The summed E-state index contributed by atoms with van der Waals surface area (Å²) in [5, 5.41) is 2.72. The maximum atomic E-state index is 12.6. The van der Waals surface area contributed by atoms with Crippen molar-refractivity contribution in [1.29, 1.82) is 0 Å². The summed E-state index contributed by atoms with van der Waals surface area (Å²) in [6.07, 6.45) is 2.16. The predicted molar refractivity (Wildman–Crippen MR) is 120 cm³/mol. The minimum Gasteiger partial charge on any atom is -0.373 e. The second kappa shape index (κ2) is 8.53. The number of pyridine rings is 1. The molecule has 1 aromatic carbocycles. The van der Waals surface area contributed by atoms with Crippen molar-refractivity contribution >= 4 is 28.1 Å². The highest BCUT2D eigenvalue weighted by molar-refractivity contribution is 7.07. The zero-order valence-electron chi connectivity index (χ0n) is 17.4. The van der Waals surface area contributed by atoms with E-state index in [9.17, 15) is 9.59 Å². The fourth-order valence-electron chi connectivity index (χ4n) is 4.65. The number of rotatable bonds is 4. The Labute approximate surface area is 184 Å². The molecular weight excluding hydrogens is 412 g/mol. The Morgan fingerprint density at radius 1 is 1.16 bits per heavy atom. The minimum atomic E-state index is -0.296. The van der Waals surface area contributed by atoms with Gasteiger partial charge >= 0.3 is 0 Å². The highest BCUT2D eigenvalue weighted by atomic mass is 32.1. The van der Waals surface area contributed by atoms with Crippen molar-refractivity contribution in [3.8, 4) is 0 Å². The number of carbonyl (C=O) groups is 1. The molecule has 162 valence electrons. The fourth-order valence-corrected chi connectivity index (χ4v) is 5.20. The number of carbonyl (C=O) groups excluding carboxylic acids is 1. The zero-order valence-corrected chi connectivity index (χ0v) is 18.2. The van der Waals surface area contributed by atoms with Crippen LogP contribution in [0.1, 0.15) is 30.7 Å². The van der Waals surface area contributed by atoms with E-state index in [2.05, 4.69) is 14.9 Å². The Kier molecular flexibility index (Phi) is 5.60. The standard InChI is InChI=1S/C23H26N4O3S/c28-21-11-17(25-20-4-2-1-3-19(20)21)12-26-8-6-23(7-9-26)15-27(22(29)5-10-30-23)13-18-14-31-16-24-18/h1-4,11,14,16H,5-10,12-13,15H2,(H,25,28). The number of aromatic amines is 1. The third kappa shape index (κ3) is 4.42. The lowest BCUT2D eigenvalue weighted by molar-refractivity contribution is -0.132. The number of para-hydroxylation sites is 1. The topological polar surface area (TPSA) is 78.5 Å². The summed E-state index contributed by atoms with van der Waals surface area (Å²) in [5.74, 6) is 0.140. The molecule has 2 saturated heterocycles. The van der Waals surface area contributed by atoms with Crippen molar-refractivity contribution in [2.75, 3.05) is 26.2 Å². The number of nitrogens with one attached hydrogen (secondary N) is 1. The van der Waals surface area contributed by atoms with Crippen LogP contribution in [0.4, 0.5) is 0 Å². The second-order valence-electron chi connectivity index (χ2n) is 8.49. The van der Waals surface area contributed by atoms with Gasteiger partial charge in [0, 0.05) is 47.7 Å². The van der Waals surface area contributed by atoms with Crippen molar-refractivity contribution in [3.05, 3.63) is 62.8 Å². The van der Waals surface area contributed by atoms with Crippen LogP contribution in [0.2, 0.25) is 0 Å². The zero-order chi connectivity index (χ0) is 21.3. The Bertz CT molecular complexity index is 1120. The van der Waals surface area contributed by atoms with E-state index in [0.717, 1.165) is 48.2 Å². The van der Waals surface area contributed by atoms with E-state index in [1.54, 1.807) is 22.9 Å². The van der Waals surface area contributed by atoms with Crippen LogP contribution in [0.5, 0.6) is 0 Å². The third-order valence-electron chi connectivity index (χ3n) is 6.35. The first kappa shape index (κ1) is 20.4. The molecule has 0 unspecified atom stereocenters. The Hall–Kier alpha value is -2.55. The Morgan fingerprint density at radius 2 is 2.00 bits per heavy atom. The summed E-state index contributed by atoms with van der Waals surface area (Å²) in [4.78, 5) is 37.0. The van der Waals surface area contributed by atoms with Gasteiger partial charge < -0.3 is 14.6 Å². The molecule has 2 aliphatic rings. The van der Waals surface area contributed by atoms with Crippen LogP contribution in [0.3, 0.4) is 0 Å². The molecule has 0 aliphatic carbocycles. The van der Waals surface area contributed by atoms with Crippen molar-refractivity contribution in [2.45, 2.75) is 38.0 Å². The SMILES string of the molecule is O=C1CCOC2(CCN(Cc3cc(=O)c4ccccc4[nH]3)CC2)CN1Cc1cscn1. The van der Waals surface area contributed by atoms with Crippen LogP contribution in [0.25, 0.3) is 10.9 Å². The van der Waals surface area contributed by atoms with Gasteiger partial charge in [-0.25, -0.2) is 4.98 Å². The molecule has 3 aromatic rings. The summed E-state index contributed by atoms with van der Waals surface area (Å²) in [6, 6.07) is 9.33. The summed E-state index contributed by atoms with van der Waals surface area (Å²) in [6.45, 7) is 4.09. The van der Waals surface area contributed by atoms with Gasteiger partial charge in [0.05, 0.1) is 42.9 Å². The summed E-state index contributed by atoms with van der Waals surface area (Å²) in [5.41, 5.74) is 4.31. The molecule has 31 heavy (non-hydrogen) atoms. The van der Waals surface area contributed by atoms with E-state index >= 15 is 0 Å². The third-order valence-corrected chi connectivity index (χ3v) is 6.98. The van der Waals surface area contributed by atoms with Crippen molar-refractivity contribution in [2.24, 2.45) is 0 Å². The highest BCUT2D eigenvalue weighted by Gasteiger charge is 2.40. The molecule has 2 fully saturated rings. The van der Waals surface area contributed by atoms with Gasteiger partial charge in [-0.3, -0.25) is 14.5 Å². The number of nitrogens with zero attached hydrogens (tertiary/aromatic N) is 3. The van der Waals surface area contributed by atoms with Crippen LogP contribution in [0.15, 0.2) is 46.0 Å². The normalized spacial score (nSPS) is 19.7. The van der Waals surface area contributed by atoms with Crippen molar-refractivity contribution in [1.82, 2.24) is 19.8 Å². The Morgan fingerprint density at radius 3 is 2.81 bits per heavy atom. The van der Waals surface area contributed by atoms with Gasteiger partial charge in [0.2, 0.25) is 5.91 Å². The number of fused-ring (bicyclic) bond motifs is 1. The average molecular weight is 439 g/mol. The monoisotopic (exact) mass is 438 g/mol. The van der Waals surface area contributed by atoms with E-state index in [4.69, 9.17) is 4.74 Å². The molecule has 1 N–H and O–H groups in total. The maximum absolute atomic E-state index is 12.6. The quantitative estimate of drug-likeness (QED) is 0.678. The van der Waals surface area contributed by atoms with Crippen LogP contribution in [-0.4, -0.2) is 57.5 Å². The number of ether oxygens (including phenoxy) is 1. The molecule has 4 heterocycles. The van der Waals surface area contributed by atoms with E-state index in [1.165, 1.54) is 0 Å². The molecule has 0 radical (unpaired) electrons. The summed E-state index contributed by atoms with van der Waals surface area (Å²) < 4.78 is 6.26. The molecule has 2 aromatic heterocycles. The van der Waals surface area contributed by atoms with Crippen LogP contribution < -0.4 is 5.43 Å². The largest absolute Gasteiger partial charge is 0.373 e. The molecule has 8 heteroatoms. The van der Waals surface area contributed by atoms with Crippen molar-refractivity contribution < 1.29 is 9.53 Å². The fraction of sp³-hybridized carbons (Fsp3) is 0.435. The van der Waals surface area contributed by atoms with Crippen LogP contribution in [0, 0.1) is 0 Å². The first-order valence-corrected chi connectivity index (χ1v) is 11.7. The van der Waals surface area contributed by atoms with Gasteiger partial charge in [-0.05, 0) is 25.0 Å². The Balaban J connectivity index is 1.26. The van der Waals surface area contributed by atoms with Gasteiger partial charge in [0.1, 0.15) is 0 Å². The van der Waals surface area contributed by atoms with Crippen LogP contribution >= 0.6 is 11.3 Å². The number of thiazole rings is 1. The maximum Gasteiger partial charge on any atom is 0.225 e. The number of hydrogen-bond acceptors (Lipinski definition) is 6. The van der Waals surface area contributed by atoms with Crippen LogP contribution in [-0.2, 0) is 22.6 Å². The number of aromatic nitrogens is 2. The number of hydrogen-bond donors (Lipinski definition) is 1. The first-order valence-electron chi connectivity index (χ1n) is 10.7. The van der Waals surface area contributed by atoms with E-state index < -0.39 is 0 Å². The molecule has 5 rings (SSSR count). The molecule has 1 spiro atoms. The highest BCUT2D eigenvalue weighted by Crippen LogP contribution is 2.31. The summed E-state index contributed by atoms with van der Waals surface area (Å²) >= 11 is 1.55.